The Balaban J connectivity index is 1.80. The lowest BCUT2D eigenvalue weighted by atomic mass is 10.2. The van der Waals surface area contributed by atoms with Gasteiger partial charge in [0.25, 0.3) is 0 Å². The summed E-state index contributed by atoms with van der Waals surface area (Å²) < 4.78 is 15.4. The number of fused-ring (bicyclic) bond motifs is 1. The van der Waals surface area contributed by atoms with Gasteiger partial charge in [0.15, 0.2) is 6.17 Å². The Kier molecular flexibility index (Phi) is 3.76. The predicted molar refractivity (Wildman–Crippen MR) is 65.0 cm³/mol. The summed E-state index contributed by atoms with van der Waals surface area (Å²) in [6.07, 6.45) is 2.17. The minimum absolute atomic E-state index is 0.163. The molecule has 2 aliphatic rings. The summed E-state index contributed by atoms with van der Waals surface area (Å²) >= 11 is 0. The number of nitrogens with zero attached hydrogens (tertiary/aromatic N) is 3. The SMILES string of the molecule is N=C1NC=NC2C1N=CN2CCOCP(=O)(O)O. The molecule has 0 bridgehead atoms. The van der Waals surface area contributed by atoms with Crippen LogP contribution in [0.25, 0.3) is 0 Å². The Morgan fingerprint density at radius 3 is 3.06 bits per heavy atom. The van der Waals surface area contributed by atoms with E-state index >= 15 is 0 Å². The summed E-state index contributed by atoms with van der Waals surface area (Å²) in [5, 5.41) is 10.3. The van der Waals surface area contributed by atoms with Gasteiger partial charge in [0.1, 0.15) is 18.2 Å². The first-order valence-electron chi connectivity index (χ1n) is 5.25. The molecular formula is C8H14N5O4P. The van der Waals surface area contributed by atoms with Crippen LogP contribution in [0.3, 0.4) is 0 Å². The van der Waals surface area contributed by atoms with E-state index in [9.17, 15) is 4.57 Å². The number of hydrogen-bond donors (Lipinski definition) is 4. The molecule has 0 aromatic heterocycles. The molecule has 4 N–H and O–H groups in total. The molecule has 0 radical (unpaired) electrons. The Bertz CT molecular complexity index is 433. The number of ether oxygens (including phenoxy) is 1. The third kappa shape index (κ3) is 3.14. The Morgan fingerprint density at radius 2 is 2.33 bits per heavy atom. The van der Waals surface area contributed by atoms with Crippen LogP contribution >= 0.6 is 7.60 Å². The lowest BCUT2D eigenvalue weighted by Crippen LogP contribution is -2.48. The number of hydrogen-bond acceptors (Lipinski definition) is 6. The second kappa shape index (κ2) is 5.15. The van der Waals surface area contributed by atoms with E-state index in [1.807, 2.05) is 0 Å². The van der Waals surface area contributed by atoms with E-state index < -0.39 is 13.9 Å². The van der Waals surface area contributed by atoms with Crippen LogP contribution in [-0.4, -0.2) is 64.9 Å². The van der Waals surface area contributed by atoms with Crippen molar-refractivity contribution in [3.8, 4) is 0 Å². The van der Waals surface area contributed by atoms with Gasteiger partial charge in [0.2, 0.25) is 0 Å². The fourth-order valence-electron chi connectivity index (χ4n) is 1.69. The van der Waals surface area contributed by atoms with Gasteiger partial charge in [-0.3, -0.25) is 15.0 Å². The van der Waals surface area contributed by atoms with Gasteiger partial charge in [-0.05, 0) is 0 Å². The highest BCUT2D eigenvalue weighted by atomic mass is 31.2. The number of rotatable bonds is 5. The molecule has 0 spiro atoms. The first kappa shape index (κ1) is 13.2. The van der Waals surface area contributed by atoms with Crippen molar-refractivity contribution < 1.29 is 19.1 Å². The fourth-order valence-corrected chi connectivity index (χ4v) is 2.05. The van der Waals surface area contributed by atoms with Crippen LogP contribution < -0.4 is 5.32 Å². The summed E-state index contributed by atoms with van der Waals surface area (Å²) in [6.45, 7) is 0.575. The number of aliphatic imine (C=N–C) groups is 2. The van der Waals surface area contributed by atoms with Gasteiger partial charge in [-0.2, -0.15) is 0 Å². The van der Waals surface area contributed by atoms with Crippen LogP contribution in [0.4, 0.5) is 0 Å². The van der Waals surface area contributed by atoms with E-state index in [0.717, 1.165) is 0 Å². The topological polar surface area (TPSA) is 131 Å². The van der Waals surface area contributed by atoms with Crippen LogP contribution in [0.1, 0.15) is 0 Å². The van der Waals surface area contributed by atoms with E-state index in [4.69, 9.17) is 19.9 Å². The van der Waals surface area contributed by atoms with Crippen LogP contribution in [0.15, 0.2) is 9.98 Å². The van der Waals surface area contributed by atoms with Crippen LogP contribution in [-0.2, 0) is 9.30 Å². The van der Waals surface area contributed by atoms with Crippen LogP contribution in [0.2, 0.25) is 0 Å². The molecule has 9 nitrogen and oxygen atoms in total. The van der Waals surface area contributed by atoms with E-state index in [0.29, 0.717) is 6.54 Å². The molecule has 0 aromatic carbocycles. The van der Waals surface area contributed by atoms with Crippen molar-refractivity contribution in [3.63, 3.8) is 0 Å². The highest BCUT2D eigenvalue weighted by Crippen LogP contribution is 2.33. The molecule has 0 saturated heterocycles. The summed E-state index contributed by atoms with van der Waals surface area (Å²) in [6, 6.07) is -0.336. The molecule has 0 saturated carbocycles. The van der Waals surface area contributed by atoms with E-state index in [1.54, 1.807) is 11.2 Å². The average molecular weight is 275 g/mol. The summed E-state index contributed by atoms with van der Waals surface area (Å²) in [7, 11) is -4.11. The third-order valence-corrected chi connectivity index (χ3v) is 3.01. The first-order chi connectivity index (χ1) is 8.47. The van der Waals surface area contributed by atoms with Gasteiger partial charge in [0, 0.05) is 6.54 Å². The highest BCUT2D eigenvalue weighted by molar-refractivity contribution is 7.51. The first-order valence-corrected chi connectivity index (χ1v) is 7.05. The standard InChI is InChI=1S/C8H14N5O4P/c9-7-6-8(11-3-10-7)13(4-12-6)1-2-17-5-18(14,15)16/h3-4,6,8H,1-2,5H2,(H2,9,10,11)(H2,14,15,16). The van der Waals surface area contributed by atoms with Crippen molar-refractivity contribution in [1.82, 2.24) is 10.2 Å². The minimum Gasteiger partial charge on any atom is -0.367 e. The zero-order chi connectivity index (χ0) is 13.2. The van der Waals surface area contributed by atoms with Crippen LogP contribution in [0, 0.1) is 5.41 Å². The molecule has 2 heterocycles. The second-order valence-electron chi connectivity index (χ2n) is 3.90. The third-order valence-electron chi connectivity index (χ3n) is 2.49. The summed E-state index contributed by atoms with van der Waals surface area (Å²) in [5.74, 6) is 0.282. The number of amidine groups is 1. The zero-order valence-electron chi connectivity index (χ0n) is 9.43. The molecule has 10 heteroatoms. The van der Waals surface area contributed by atoms with Gasteiger partial charge in [0.05, 0.1) is 19.3 Å². The highest BCUT2D eigenvalue weighted by Gasteiger charge is 2.34. The normalized spacial score (nSPS) is 26.3. The van der Waals surface area contributed by atoms with Gasteiger partial charge in [-0.15, -0.1) is 0 Å². The molecule has 0 amide bonds. The lowest BCUT2D eigenvalue weighted by molar-refractivity contribution is 0.136. The van der Waals surface area contributed by atoms with Gasteiger partial charge in [-0.1, -0.05) is 0 Å². The minimum atomic E-state index is -4.11. The summed E-state index contributed by atoms with van der Waals surface area (Å²) in [5.41, 5.74) is 0. The molecular weight excluding hydrogens is 261 g/mol. The zero-order valence-corrected chi connectivity index (χ0v) is 10.3. The maximum Gasteiger partial charge on any atom is 0.350 e. The number of nitrogens with one attached hydrogen (secondary N) is 2. The fraction of sp³-hybridized carbons (Fsp3) is 0.625. The van der Waals surface area contributed by atoms with E-state index in [1.165, 1.54) is 6.34 Å². The Morgan fingerprint density at radius 1 is 1.56 bits per heavy atom. The van der Waals surface area contributed by atoms with Crippen molar-refractivity contribution in [2.45, 2.75) is 12.2 Å². The smallest absolute Gasteiger partial charge is 0.350 e. The largest absolute Gasteiger partial charge is 0.367 e. The monoisotopic (exact) mass is 275 g/mol. The van der Waals surface area contributed by atoms with Crippen molar-refractivity contribution in [3.05, 3.63) is 0 Å². The van der Waals surface area contributed by atoms with Crippen LogP contribution in [0.5, 0.6) is 0 Å². The second-order valence-corrected chi connectivity index (χ2v) is 5.49. The average Bonchev–Trinajstić information content (AvgIpc) is 2.68. The molecule has 2 unspecified atom stereocenters. The van der Waals surface area contributed by atoms with E-state index in [-0.39, 0.29) is 24.7 Å². The molecule has 2 atom stereocenters. The molecule has 0 aromatic rings. The quantitative estimate of drug-likeness (QED) is 0.367. The molecule has 0 aliphatic carbocycles. The molecule has 2 rings (SSSR count). The molecule has 18 heavy (non-hydrogen) atoms. The molecule has 0 fully saturated rings. The van der Waals surface area contributed by atoms with Crippen molar-refractivity contribution in [2.24, 2.45) is 9.98 Å². The Labute approximate surface area is 103 Å². The van der Waals surface area contributed by atoms with Gasteiger partial charge in [-0.25, -0.2) is 4.99 Å². The van der Waals surface area contributed by atoms with Gasteiger partial charge >= 0.3 is 7.60 Å². The summed E-state index contributed by atoms with van der Waals surface area (Å²) in [4.78, 5) is 27.3. The molecule has 100 valence electrons. The maximum atomic E-state index is 10.6. The van der Waals surface area contributed by atoms with Crippen molar-refractivity contribution in [2.75, 3.05) is 19.5 Å². The lowest BCUT2D eigenvalue weighted by Gasteiger charge is -2.27. The van der Waals surface area contributed by atoms with Crippen molar-refractivity contribution in [1.29, 1.82) is 5.41 Å². The van der Waals surface area contributed by atoms with Crippen molar-refractivity contribution >= 4 is 26.1 Å². The maximum absolute atomic E-state index is 10.6. The van der Waals surface area contributed by atoms with Gasteiger partial charge < -0.3 is 24.7 Å². The molecule has 2 aliphatic heterocycles. The Hall–Kier alpha value is -1.28. The van der Waals surface area contributed by atoms with E-state index in [2.05, 4.69) is 15.3 Å². The predicted octanol–water partition coefficient (Wildman–Crippen LogP) is -1.21.